The van der Waals surface area contributed by atoms with Crippen LogP contribution in [0.3, 0.4) is 0 Å². The van der Waals surface area contributed by atoms with Gasteiger partial charge in [-0.1, -0.05) is 11.6 Å². The molecule has 6 heteroatoms. The van der Waals surface area contributed by atoms with Crippen LogP contribution >= 0.6 is 11.6 Å². The Morgan fingerprint density at radius 3 is 2.83 bits per heavy atom. The molecule has 1 saturated carbocycles. The summed E-state index contributed by atoms with van der Waals surface area (Å²) in [5.74, 6) is -1.38. The Morgan fingerprint density at radius 2 is 2.22 bits per heavy atom. The van der Waals surface area contributed by atoms with E-state index in [1.54, 1.807) is 6.07 Å². The molecule has 1 fully saturated rings. The second kappa shape index (κ2) is 5.35. The minimum Gasteiger partial charge on any atom is -0.481 e. The van der Waals surface area contributed by atoms with Crippen LogP contribution in [-0.4, -0.2) is 28.0 Å². The molecule has 1 aromatic heterocycles. The first kappa shape index (κ1) is 12.8. The minimum atomic E-state index is -0.793. The van der Waals surface area contributed by atoms with Crippen molar-refractivity contribution in [2.75, 3.05) is 0 Å². The molecule has 0 radical (unpaired) electrons. The number of nitrogens with zero attached hydrogens (tertiary/aromatic N) is 1. The maximum absolute atomic E-state index is 11.9. The summed E-state index contributed by atoms with van der Waals surface area (Å²) in [5, 5.41) is 12.0. The number of hydrogen-bond donors (Lipinski definition) is 2. The van der Waals surface area contributed by atoms with Gasteiger partial charge < -0.3 is 10.4 Å². The third-order valence-electron chi connectivity index (χ3n) is 3.11. The number of carbonyl (C=O) groups is 2. The molecule has 96 valence electrons. The fourth-order valence-corrected chi connectivity index (χ4v) is 2.32. The summed E-state index contributed by atoms with van der Waals surface area (Å²) < 4.78 is 0. The number of carbonyl (C=O) groups excluding carboxylic acids is 1. The van der Waals surface area contributed by atoms with Crippen molar-refractivity contribution in [2.24, 2.45) is 5.92 Å². The van der Waals surface area contributed by atoms with Crippen molar-refractivity contribution in [1.82, 2.24) is 10.3 Å². The van der Waals surface area contributed by atoms with Crippen LogP contribution in [0.1, 0.15) is 29.6 Å². The molecular formula is C12H13ClN2O3. The first-order valence-corrected chi connectivity index (χ1v) is 6.09. The second-order valence-electron chi connectivity index (χ2n) is 4.39. The van der Waals surface area contributed by atoms with Crippen LogP contribution in [0.15, 0.2) is 18.3 Å². The summed E-state index contributed by atoms with van der Waals surface area (Å²) in [7, 11) is 0. The van der Waals surface area contributed by atoms with E-state index in [1.165, 1.54) is 12.3 Å². The topological polar surface area (TPSA) is 79.3 Å². The molecular weight excluding hydrogens is 256 g/mol. The summed E-state index contributed by atoms with van der Waals surface area (Å²) >= 11 is 5.70. The number of aromatic nitrogens is 1. The highest BCUT2D eigenvalue weighted by atomic mass is 35.5. The van der Waals surface area contributed by atoms with Gasteiger partial charge >= 0.3 is 5.97 Å². The highest BCUT2D eigenvalue weighted by Crippen LogP contribution is 2.25. The van der Waals surface area contributed by atoms with Crippen molar-refractivity contribution >= 4 is 23.5 Å². The van der Waals surface area contributed by atoms with Gasteiger partial charge in [-0.05, 0) is 31.4 Å². The van der Waals surface area contributed by atoms with E-state index in [0.717, 1.165) is 0 Å². The summed E-state index contributed by atoms with van der Waals surface area (Å²) in [6.07, 6.45) is 3.25. The molecule has 0 aliphatic heterocycles. The molecule has 0 spiro atoms. The first-order chi connectivity index (χ1) is 8.56. The van der Waals surface area contributed by atoms with Gasteiger partial charge in [0.15, 0.2) is 0 Å². The van der Waals surface area contributed by atoms with E-state index in [-0.39, 0.29) is 23.0 Å². The highest BCUT2D eigenvalue weighted by molar-refractivity contribution is 6.29. The number of pyridine rings is 1. The quantitative estimate of drug-likeness (QED) is 0.818. The average molecular weight is 269 g/mol. The molecule has 1 aromatic rings. The van der Waals surface area contributed by atoms with Crippen LogP contribution in [0.4, 0.5) is 0 Å². The maximum Gasteiger partial charge on any atom is 0.306 e. The number of halogens is 1. The molecule has 2 N–H and O–H groups in total. The third kappa shape index (κ3) is 2.98. The molecule has 2 atom stereocenters. The van der Waals surface area contributed by atoms with Gasteiger partial charge in [-0.3, -0.25) is 9.59 Å². The van der Waals surface area contributed by atoms with Crippen LogP contribution in [-0.2, 0) is 4.79 Å². The number of carboxylic acid groups (broad SMARTS) is 1. The zero-order chi connectivity index (χ0) is 13.1. The van der Waals surface area contributed by atoms with E-state index < -0.39 is 5.97 Å². The number of aliphatic carboxylic acids is 1. The number of hydrogen-bond acceptors (Lipinski definition) is 3. The molecule has 5 nitrogen and oxygen atoms in total. The molecule has 1 amide bonds. The first-order valence-electron chi connectivity index (χ1n) is 5.71. The number of carboxylic acids is 1. The van der Waals surface area contributed by atoms with Crippen LogP contribution in [0.2, 0.25) is 5.15 Å². The van der Waals surface area contributed by atoms with Crippen LogP contribution in [0.25, 0.3) is 0 Å². The van der Waals surface area contributed by atoms with Crippen molar-refractivity contribution in [1.29, 1.82) is 0 Å². The van der Waals surface area contributed by atoms with Crippen molar-refractivity contribution in [3.63, 3.8) is 0 Å². The van der Waals surface area contributed by atoms with Gasteiger partial charge in [-0.2, -0.15) is 0 Å². The third-order valence-corrected chi connectivity index (χ3v) is 3.31. The SMILES string of the molecule is O=C(N[C@H]1CC[C@@H](C(=O)O)C1)c1ccnc(Cl)c1. The Morgan fingerprint density at radius 1 is 1.44 bits per heavy atom. The Hall–Kier alpha value is -1.62. The van der Waals surface area contributed by atoms with E-state index in [2.05, 4.69) is 10.3 Å². The zero-order valence-electron chi connectivity index (χ0n) is 9.60. The standard InChI is InChI=1S/C12H13ClN2O3/c13-10-6-7(3-4-14-10)11(16)15-9-2-1-8(5-9)12(17)18/h3-4,6,8-9H,1-2,5H2,(H,15,16)(H,17,18)/t8-,9+/m1/s1. The molecule has 1 aliphatic carbocycles. The number of rotatable bonds is 3. The molecule has 0 bridgehead atoms. The molecule has 2 rings (SSSR count). The van der Waals surface area contributed by atoms with E-state index in [0.29, 0.717) is 24.8 Å². The van der Waals surface area contributed by atoms with Crippen molar-refractivity contribution in [3.8, 4) is 0 Å². The largest absolute Gasteiger partial charge is 0.481 e. The summed E-state index contributed by atoms with van der Waals surface area (Å²) in [5.41, 5.74) is 0.439. The average Bonchev–Trinajstić information content (AvgIpc) is 2.77. The normalized spacial score (nSPS) is 22.7. The van der Waals surface area contributed by atoms with Gasteiger partial charge in [0.25, 0.3) is 5.91 Å². The molecule has 0 saturated heterocycles. The Bertz CT molecular complexity index is 478. The lowest BCUT2D eigenvalue weighted by Gasteiger charge is -2.12. The maximum atomic E-state index is 11.9. The molecule has 0 unspecified atom stereocenters. The fraction of sp³-hybridized carbons (Fsp3) is 0.417. The van der Waals surface area contributed by atoms with Gasteiger partial charge in [-0.25, -0.2) is 4.98 Å². The van der Waals surface area contributed by atoms with Gasteiger partial charge in [0.05, 0.1) is 5.92 Å². The fourth-order valence-electron chi connectivity index (χ4n) is 2.15. The smallest absolute Gasteiger partial charge is 0.306 e. The summed E-state index contributed by atoms with van der Waals surface area (Å²) in [6, 6.07) is 2.98. The van der Waals surface area contributed by atoms with Crippen LogP contribution in [0, 0.1) is 5.92 Å². The molecule has 1 heterocycles. The molecule has 1 aliphatic rings. The highest BCUT2D eigenvalue weighted by Gasteiger charge is 2.30. The lowest BCUT2D eigenvalue weighted by atomic mass is 10.1. The van der Waals surface area contributed by atoms with E-state index >= 15 is 0 Å². The van der Waals surface area contributed by atoms with Gasteiger partial charge in [0.2, 0.25) is 0 Å². The van der Waals surface area contributed by atoms with Gasteiger partial charge in [0, 0.05) is 17.8 Å². The van der Waals surface area contributed by atoms with E-state index in [1.807, 2.05) is 0 Å². The number of nitrogens with one attached hydrogen (secondary N) is 1. The predicted octanol–water partition coefficient (Wildman–Crippen LogP) is 1.72. The Kier molecular flexibility index (Phi) is 3.81. The van der Waals surface area contributed by atoms with Gasteiger partial charge in [0.1, 0.15) is 5.15 Å². The molecule has 0 aromatic carbocycles. The zero-order valence-corrected chi connectivity index (χ0v) is 10.4. The lowest BCUT2D eigenvalue weighted by molar-refractivity contribution is -0.141. The van der Waals surface area contributed by atoms with Crippen LogP contribution < -0.4 is 5.32 Å². The summed E-state index contributed by atoms with van der Waals surface area (Å²) in [6.45, 7) is 0. The van der Waals surface area contributed by atoms with E-state index in [4.69, 9.17) is 16.7 Å². The number of amides is 1. The molecule has 18 heavy (non-hydrogen) atoms. The predicted molar refractivity (Wildman–Crippen MR) is 65.5 cm³/mol. The summed E-state index contributed by atoms with van der Waals surface area (Å²) in [4.78, 5) is 26.5. The van der Waals surface area contributed by atoms with Crippen LogP contribution in [0.5, 0.6) is 0 Å². The lowest BCUT2D eigenvalue weighted by Crippen LogP contribution is -2.33. The Balaban J connectivity index is 1.95. The monoisotopic (exact) mass is 268 g/mol. The Labute approximate surface area is 109 Å². The minimum absolute atomic E-state index is 0.0782. The van der Waals surface area contributed by atoms with Crippen molar-refractivity contribution < 1.29 is 14.7 Å². The van der Waals surface area contributed by atoms with E-state index in [9.17, 15) is 9.59 Å². The van der Waals surface area contributed by atoms with Crippen molar-refractivity contribution in [2.45, 2.75) is 25.3 Å². The van der Waals surface area contributed by atoms with Crippen molar-refractivity contribution in [3.05, 3.63) is 29.0 Å². The second-order valence-corrected chi connectivity index (χ2v) is 4.77. The van der Waals surface area contributed by atoms with Gasteiger partial charge in [-0.15, -0.1) is 0 Å².